The van der Waals surface area contributed by atoms with Crippen molar-refractivity contribution in [1.82, 2.24) is 29.4 Å². The van der Waals surface area contributed by atoms with Crippen LogP contribution in [-0.2, 0) is 31.3 Å². The van der Waals surface area contributed by atoms with Crippen molar-refractivity contribution >= 4 is 16.7 Å². The van der Waals surface area contributed by atoms with E-state index in [1.54, 1.807) is 11.3 Å². The Morgan fingerprint density at radius 3 is 2.74 bits per heavy atom. The fourth-order valence-corrected chi connectivity index (χ4v) is 6.88. The lowest BCUT2D eigenvalue weighted by Gasteiger charge is -2.52. The van der Waals surface area contributed by atoms with Gasteiger partial charge in [-0.25, -0.2) is 4.98 Å². The molecule has 5 heterocycles. The quantitative estimate of drug-likeness (QED) is 0.565. The van der Waals surface area contributed by atoms with E-state index in [0.29, 0.717) is 11.5 Å². The smallest absolute Gasteiger partial charge is 0.159 e. The minimum atomic E-state index is 0.406. The molecular formula is C27H35N7O. The molecule has 0 amide bonds. The maximum absolute atomic E-state index is 5.43. The normalized spacial score (nSPS) is 21.2. The average Bonchev–Trinajstić information content (AvgIpc) is 3.31. The molecule has 2 fully saturated rings. The van der Waals surface area contributed by atoms with Crippen molar-refractivity contribution in [2.24, 2.45) is 12.5 Å². The van der Waals surface area contributed by atoms with Crippen LogP contribution >= 0.6 is 0 Å². The third kappa shape index (κ3) is 3.25. The van der Waals surface area contributed by atoms with Gasteiger partial charge in [0.05, 0.1) is 42.2 Å². The Kier molecular flexibility index (Phi) is 4.63. The van der Waals surface area contributed by atoms with Crippen LogP contribution in [0.5, 0.6) is 0 Å². The summed E-state index contributed by atoms with van der Waals surface area (Å²) in [6.45, 7) is 9.01. The second-order valence-corrected chi connectivity index (χ2v) is 11.3. The highest BCUT2D eigenvalue weighted by molar-refractivity contribution is 5.89. The second-order valence-electron chi connectivity index (χ2n) is 11.3. The molecule has 3 aliphatic carbocycles. The summed E-state index contributed by atoms with van der Waals surface area (Å²) in [5, 5.41) is 10.7. The predicted octanol–water partition coefficient (Wildman–Crippen LogP) is 3.50. The van der Waals surface area contributed by atoms with E-state index in [9.17, 15) is 0 Å². The number of likely N-dealkylation sites (N-methyl/N-ethyl adjacent to an activating group) is 1. The summed E-state index contributed by atoms with van der Waals surface area (Å²) in [5.41, 5.74) is 11.0. The van der Waals surface area contributed by atoms with Gasteiger partial charge in [-0.1, -0.05) is 0 Å². The molecule has 0 radical (unpaired) electrons. The lowest BCUT2D eigenvalue weighted by atomic mass is 9.58. The van der Waals surface area contributed by atoms with Gasteiger partial charge in [0.15, 0.2) is 5.65 Å². The van der Waals surface area contributed by atoms with E-state index in [0.717, 1.165) is 56.0 Å². The van der Waals surface area contributed by atoms with Gasteiger partial charge < -0.3 is 14.5 Å². The fraction of sp³-hybridized carbons (Fsp3) is 0.593. The third-order valence-corrected chi connectivity index (χ3v) is 9.04. The molecule has 5 aliphatic rings. The van der Waals surface area contributed by atoms with E-state index in [1.807, 2.05) is 17.9 Å². The van der Waals surface area contributed by atoms with Crippen LogP contribution in [0, 0.1) is 19.3 Å². The predicted molar refractivity (Wildman–Crippen MR) is 135 cm³/mol. The summed E-state index contributed by atoms with van der Waals surface area (Å²) < 4.78 is 9.68. The zero-order chi connectivity index (χ0) is 23.9. The van der Waals surface area contributed by atoms with Crippen molar-refractivity contribution in [2.45, 2.75) is 65.1 Å². The summed E-state index contributed by atoms with van der Waals surface area (Å²) in [5.74, 6) is 0. The van der Waals surface area contributed by atoms with Gasteiger partial charge in [-0.2, -0.15) is 10.2 Å². The van der Waals surface area contributed by atoms with Gasteiger partial charge in [0, 0.05) is 62.8 Å². The van der Waals surface area contributed by atoms with E-state index in [-0.39, 0.29) is 0 Å². The zero-order valence-electron chi connectivity index (χ0n) is 21.3. The summed E-state index contributed by atoms with van der Waals surface area (Å²) in [7, 11) is 4.24. The van der Waals surface area contributed by atoms with Crippen LogP contribution in [0.4, 0.5) is 5.69 Å². The second kappa shape index (κ2) is 7.56. The fourth-order valence-electron chi connectivity index (χ4n) is 6.88. The van der Waals surface area contributed by atoms with Gasteiger partial charge in [0.2, 0.25) is 0 Å². The molecule has 0 N–H and O–H groups in total. The molecule has 184 valence electrons. The largest absolute Gasteiger partial charge is 0.377 e. The Morgan fingerprint density at radius 1 is 1.20 bits per heavy atom. The molecule has 8 rings (SSSR count). The van der Waals surface area contributed by atoms with E-state index >= 15 is 0 Å². The minimum absolute atomic E-state index is 0.406. The van der Waals surface area contributed by atoms with E-state index in [1.165, 1.54) is 48.3 Å². The van der Waals surface area contributed by atoms with Crippen LogP contribution in [0.1, 0.15) is 48.3 Å². The van der Waals surface area contributed by atoms with Crippen LogP contribution in [0.25, 0.3) is 11.0 Å². The summed E-state index contributed by atoms with van der Waals surface area (Å²) >= 11 is 0. The Hall–Kier alpha value is -2.87. The van der Waals surface area contributed by atoms with Gasteiger partial charge >= 0.3 is 0 Å². The first kappa shape index (κ1) is 21.4. The number of rotatable bonds is 5. The number of pyridine rings is 1. The molecule has 0 aromatic carbocycles. The maximum Gasteiger partial charge on any atom is 0.159 e. The summed E-state index contributed by atoms with van der Waals surface area (Å²) in [6.07, 6.45) is 7.97. The molecule has 3 aromatic rings. The van der Waals surface area contributed by atoms with Crippen molar-refractivity contribution < 1.29 is 4.74 Å². The van der Waals surface area contributed by atoms with Gasteiger partial charge in [0.25, 0.3) is 0 Å². The van der Waals surface area contributed by atoms with Gasteiger partial charge in [-0.05, 0) is 56.6 Å². The molecule has 0 unspecified atom stereocenters. The number of aromatic nitrogens is 5. The highest BCUT2D eigenvalue weighted by Crippen LogP contribution is 2.56. The number of nitrogens with zero attached hydrogens (tertiary/aromatic N) is 7. The number of hydrogen-bond donors (Lipinski definition) is 0. The van der Waals surface area contributed by atoms with Crippen molar-refractivity contribution in [2.75, 3.05) is 31.7 Å². The van der Waals surface area contributed by atoms with E-state index in [4.69, 9.17) is 14.8 Å². The number of fused-ring (bicyclic) bond motifs is 4. The number of aryl methyl sites for hydroxylation is 3. The third-order valence-electron chi connectivity index (χ3n) is 9.04. The van der Waals surface area contributed by atoms with Gasteiger partial charge in [-0.15, -0.1) is 0 Å². The SMILES string of the molecule is Cc1cc(N2CCc3c(c(C)nn3CC34CCC(N(C)C5COC5)=C(C3)C4)C2)c2cnn(C)c2n1. The molecule has 8 nitrogen and oxygen atoms in total. The Bertz CT molecular complexity index is 1350. The lowest BCUT2D eigenvalue weighted by Crippen LogP contribution is -2.50. The standard InChI is InChI=1S/C27H35N7O/c1-17-9-25(21-12-28-32(4)26(21)29-17)33-8-6-24-22(13-33)18(2)30-34(24)16-27-7-5-23(19(10-27)11-27)31(3)20-14-35-15-20/h9,12,20H,5-8,10-11,13-16H2,1-4H3. The Balaban J connectivity index is 1.12. The first-order valence-electron chi connectivity index (χ1n) is 13.0. The Morgan fingerprint density at radius 2 is 2.03 bits per heavy atom. The summed E-state index contributed by atoms with van der Waals surface area (Å²) in [6, 6.07) is 2.80. The van der Waals surface area contributed by atoms with E-state index in [2.05, 4.69) is 46.5 Å². The first-order valence-corrected chi connectivity index (χ1v) is 13.0. The first-order chi connectivity index (χ1) is 16.9. The molecule has 1 saturated heterocycles. The van der Waals surface area contributed by atoms with Crippen molar-refractivity contribution in [3.63, 3.8) is 0 Å². The topological polar surface area (TPSA) is 64.2 Å². The van der Waals surface area contributed by atoms with Crippen LogP contribution in [0.3, 0.4) is 0 Å². The van der Waals surface area contributed by atoms with E-state index < -0.39 is 0 Å². The molecular weight excluding hydrogens is 438 g/mol. The molecule has 3 aromatic heterocycles. The maximum atomic E-state index is 5.43. The molecule has 0 atom stereocenters. The lowest BCUT2D eigenvalue weighted by molar-refractivity contribution is -0.0501. The minimum Gasteiger partial charge on any atom is -0.377 e. The number of hydrogen-bond acceptors (Lipinski definition) is 6. The average molecular weight is 474 g/mol. The number of anilines is 1. The van der Waals surface area contributed by atoms with Crippen molar-refractivity contribution in [1.29, 1.82) is 0 Å². The number of ether oxygens (including phenoxy) is 1. The molecule has 35 heavy (non-hydrogen) atoms. The zero-order valence-corrected chi connectivity index (χ0v) is 21.3. The van der Waals surface area contributed by atoms with Crippen LogP contribution in [0.2, 0.25) is 0 Å². The number of allylic oxidation sites excluding steroid dienone is 2. The van der Waals surface area contributed by atoms with Crippen LogP contribution in [0.15, 0.2) is 23.5 Å². The van der Waals surface area contributed by atoms with Crippen LogP contribution in [-0.4, -0.2) is 62.3 Å². The Labute approximate surface area is 206 Å². The molecule has 2 aliphatic heterocycles. The summed E-state index contributed by atoms with van der Waals surface area (Å²) in [4.78, 5) is 9.72. The van der Waals surface area contributed by atoms with Gasteiger partial charge in [0.1, 0.15) is 0 Å². The molecule has 2 bridgehead atoms. The van der Waals surface area contributed by atoms with Crippen molar-refractivity contribution in [3.8, 4) is 0 Å². The van der Waals surface area contributed by atoms with Crippen LogP contribution < -0.4 is 4.90 Å². The monoisotopic (exact) mass is 473 g/mol. The molecule has 1 saturated carbocycles. The highest BCUT2D eigenvalue weighted by Gasteiger charge is 2.47. The van der Waals surface area contributed by atoms with Crippen molar-refractivity contribution in [3.05, 3.63) is 46.2 Å². The highest BCUT2D eigenvalue weighted by atomic mass is 16.5. The molecule has 0 spiro atoms. The molecule has 8 heteroatoms. The van der Waals surface area contributed by atoms with Gasteiger partial charge in [-0.3, -0.25) is 9.36 Å².